The highest BCUT2D eigenvalue weighted by Crippen LogP contribution is 2.47. The van der Waals surface area contributed by atoms with Gasteiger partial charge in [0.25, 0.3) is 0 Å². The van der Waals surface area contributed by atoms with E-state index < -0.39 is 0 Å². The molecule has 2 rings (SSSR count). The Morgan fingerprint density at radius 3 is 2.89 bits per heavy atom. The summed E-state index contributed by atoms with van der Waals surface area (Å²) in [6.45, 7) is 7.71. The number of aromatic nitrogens is 2. The van der Waals surface area contributed by atoms with E-state index in [1.54, 1.807) is 0 Å². The highest BCUT2D eigenvalue weighted by atomic mass is 79.9. The monoisotopic (exact) mass is 328 g/mol. The van der Waals surface area contributed by atoms with Crippen LogP contribution in [-0.4, -0.2) is 9.78 Å². The van der Waals surface area contributed by atoms with Crippen LogP contribution in [0.2, 0.25) is 0 Å². The number of aryl methyl sites for hydroxylation is 1. The molecule has 1 aliphatic rings. The molecular weight excluding hydrogens is 304 g/mol. The van der Waals surface area contributed by atoms with Crippen LogP contribution in [0.5, 0.6) is 0 Å². The van der Waals surface area contributed by atoms with E-state index in [0.717, 1.165) is 11.0 Å². The van der Waals surface area contributed by atoms with Gasteiger partial charge in [0.1, 0.15) is 0 Å². The lowest BCUT2D eigenvalue weighted by Gasteiger charge is -2.43. The van der Waals surface area contributed by atoms with Crippen molar-refractivity contribution in [3.63, 3.8) is 0 Å². The Bertz CT molecular complexity index is 427. The molecule has 3 N–H and O–H groups in total. The predicted molar refractivity (Wildman–Crippen MR) is 81.4 cm³/mol. The number of nitrogens with zero attached hydrogens (tertiary/aromatic N) is 2. The van der Waals surface area contributed by atoms with Crippen LogP contribution >= 0.6 is 15.9 Å². The Morgan fingerprint density at radius 1 is 1.58 bits per heavy atom. The van der Waals surface area contributed by atoms with E-state index in [9.17, 15) is 0 Å². The highest BCUT2D eigenvalue weighted by Gasteiger charge is 2.39. The van der Waals surface area contributed by atoms with Crippen LogP contribution in [-0.2, 0) is 6.54 Å². The van der Waals surface area contributed by atoms with Crippen molar-refractivity contribution < 1.29 is 0 Å². The molecule has 1 aliphatic carbocycles. The first-order chi connectivity index (χ1) is 9.01. The van der Waals surface area contributed by atoms with Crippen molar-refractivity contribution in [2.45, 2.75) is 59.0 Å². The standard InChI is InChI=1S/C14H25BrN4/c1-4-19-13(11(15)9-17-19)12(18-16)10-7-5-6-8-14(10,2)3/h9-10,12,18H,4-8,16H2,1-3H3. The molecule has 0 amide bonds. The molecule has 19 heavy (non-hydrogen) atoms. The lowest BCUT2D eigenvalue weighted by Crippen LogP contribution is -2.42. The highest BCUT2D eigenvalue weighted by molar-refractivity contribution is 9.10. The number of hydrogen-bond donors (Lipinski definition) is 2. The van der Waals surface area contributed by atoms with Crippen molar-refractivity contribution in [1.82, 2.24) is 15.2 Å². The molecule has 0 saturated heterocycles. The summed E-state index contributed by atoms with van der Waals surface area (Å²) >= 11 is 3.62. The molecule has 0 aliphatic heterocycles. The minimum atomic E-state index is 0.159. The van der Waals surface area contributed by atoms with Gasteiger partial charge in [-0.3, -0.25) is 16.0 Å². The quantitative estimate of drug-likeness (QED) is 0.658. The molecule has 1 fully saturated rings. The van der Waals surface area contributed by atoms with Crippen molar-refractivity contribution in [2.24, 2.45) is 17.2 Å². The Balaban J connectivity index is 2.35. The van der Waals surface area contributed by atoms with E-state index in [1.165, 1.54) is 31.4 Å². The van der Waals surface area contributed by atoms with Gasteiger partial charge in [0.2, 0.25) is 0 Å². The molecular formula is C14H25BrN4. The summed E-state index contributed by atoms with van der Waals surface area (Å²) in [4.78, 5) is 0. The van der Waals surface area contributed by atoms with Crippen molar-refractivity contribution in [3.8, 4) is 0 Å². The fourth-order valence-electron chi connectivity index (χ4n) is 3.46. The summed E-state index contributed by atoms with van der Waals surface area (Å²) in [7, 11) is 0. The van der Waals surface area contributed by atoms with Gasteiger partial charge in [-0.05, 0) is 47.0 Å². The van der Waals surface area contributed by atoms with Crippen LogP contribution in [0.3, 0.4) is 0 Å². The molecule has 2 unspecified atom stereocenters. The average Bonchev–Trinajstić information content (AvgIpc) is 2.74. The normalized spacial score (nSPS) is 24.4. The van der Waals surface area contributed by atoms with Gasteiger partial charge in [0, 0.05) is 6.54 Å². The van der Waals surface area contributed by atoms with Crippen LogP contribution in [0.1, 0.15) is 58.2 Å². The minimum Gasteiger partial charge on any atom is -0.271 e. The molecule has 108 valence electrons. The number of hydrazine groups is 1. The molecule has 1 aromatic heterocycles. The Morgan fingerprint density at radius 2 is 2.32 bits per heavy atom. The van der Waals surface area contributed by atoms with Gasteiger partial charge in [0.15, 0.2) is 0 Å². The van der Waals surface area contributed by atoms with Crippen molar-refractivity contribution >= 4 is 15.9 Å². The van der Waals surface area contributed by atoms with Crippen LogP contribution in [0.25, 0.3) is 0 Å². The van der Waals surface area contributed by atoms with E-state index in [0.29, 0.717) is 11.3 Å². The van der Waals surface area contributed by atoms with Gasteiger partial charge in [0.05, 0.1) is 22.4 Å². The van der Waals surface area contributed by atoms with Gasteiger partial charge >= 0.3 is 0 Å². The molecule has 1 heterocycles. The lowest BCUT2D eigenvalue weighted by atomic mass is 9.65. The lowest BCUT2D eigenvalue weighted by molar-refractivity contribution is 0.0945. The fraction of sp³-hybridized carbons (Fsp3) is 0.786. The fourth-order valence-corrected chi connectivity index (χ4v) is 4.00. The van der Waals surface area contributed by atoms with E-state index in [1.807, 2.05) is 10.9 Å². The van der Waals surface area contributed by atoms with Crippen molar-refractivity contribution in [3.05, 3.63) is 16.4 Å². The topological polar surface area (TPSA) is 55.9 Å². The van der Waals surface area contributed by atoms with Crippen molar-refractivity contribution in [1.29, 1.82) is 0 Å². The second-order valence-corrected chi connectivity index (χ2v) is 7.03. The minimum absolute atomic E-state index is 0.159. The van der Waals surface area contributed by atoms with Crippen LogP contribution < -0.4 is 11.3 Å². The van der Waals surface area contributed by atoms with E-state index in [4.69, 9.17) is 5.84 Å². The maximum atomic E-state index is 5.90. The Kier molecular flexibility index (Phi) is 4.69. The van der Waals surface area contributed by atoms with Gasteiger partial charge in [-0.2, -0.15) is 5.10 Å². The summed E-state index contributed by atoms with van der Waals surface area (Å²) < 4.78 is 3.10. The summed E-state index contributed by atoms with van der Waals surface area (Å²) in [6.07, 6.45) is 7.00. The molecule has 2 atom stereocenters. The molecule has 4 nitrogen and oxygen atoms in total. The number of hydrogen-bond acceptors (Lipinski definition) is 3. The molecule has 0 radical (unpaired) electrons. The number of halogens is 1. The molecule has 1 aromatic rings. The zero-order chi connectivity index (χ0) is 14.0. The Labute approximate surface area is 124 Å². The average molecular weight is 329 g/mol. The van der Waals surface area contributed by atoms with Crippen LogP contribution in [0, 0.1) is 11.3 Å². The van der Waals surface area contributed by atoms with Crippen LogP contribution in [0.15, 0.2) is 10.7 Å². The number of nitrogens with one attached hydrogen (secondary N) is 1. The van der Waals surface area contributed by atoms with Gasteiger partial charge in [-0.1, -0.05) is 26.7 Å². The maximum Gasteiger partial charge on any atom is 0.0712 e. The largest absolute Gasteiger partial charge is 0.271 e. The van der Waals surface area contributed by atoms with E-state index in [2.05, 4.69) is 47.2 Å². The molecule has 0 aromatic carbocycles. The first-order valence-corrected chi connectivity index (χ1v) is 7.98. The maximum absolute atomic E-state index is 5.90. The Hall–Kier alpha value is -0.390. The third-order valence-corrected chi connectivity index (χ3v) is 5.21. The zero-order valence-corrected chi connectivity index (χ0v) is 13.7. The van der Waals surface area contributed by atoms with Gasteiger partial charge in [-0.15, -0.1) is 0 Å². The van der Waals surface area contributed by atoms with Gasteiger partial charge < -0.3 is 0 Å². The second-order valence-electron chi connectivity index (χ2n) is 6.18. The summed E-state index contributed by atoms with van der Waals surface area (Å²) in [5, 5.41) is 4.42. The van der Waals surface area contributed by atoms with Crippen LogP contribution in [0.4, 0.5) is 0 Å². The second kappa shape index (κ2) is 5.94. The van der Waals surface area contributed by atoms with Crippen molar-refractivity contribution in [2.75, 3.05) is 0 Å². The first-order valence-electron chi connectivity index (χ1n) is 7.18. The first kappa shape index (κ1) is 15.0. The number of rotatable bonds is 4. The molecule has 0 bridgehead atoms. The smallest absolute Gasteiger partial charge is 0.0712 e. The summed E-state index contributed by atoms with van der Waals surface area (Å²) in [5.74, 6) is 6.44. The van der Waals surface area contributed by atoms with E-state index >= 15 is 0 Å². The molecule has 1 saturated carbocycles. The number of nitrogens with two attached hydrogens (primary N) is 1. The molecule has 5 heteroatoms. The zero-order valence-electron chi connectivity index (χ0n) is 12.1. The SMILES string of the molecule is CCn1ncc(Br)c1C(NN)C1CCCCC1(C)C. The third kappa shape index (κ3) is 2.88. The third-order valence-electron chi connectivity index (χ3n) is 4.60. The van der Waals surface area contributed by atoms with E-state index in [-0.39, 0.29) is 6.04 Å². The predicted octanol–water partition coefficient (Wildman–Crippen LogP) is 3.39. The summed E-state index contributed by atoms with van der Waals surface area (Å²) in [6, 6.07) is 0.159. The molecule has 0 spiro atoms. The van der Waals surface area contributed by atoms with Gasteiger partial charge in [-0.25, -0.2) is 0 Å². The summed E-state index contributed by atoms with van der Waals surface area (Å²) in [5.41, 5.74) is 4.56.